The van der Waals surface area contributed by atoms with Gasteiger partial charge in [-0.25, -0.2) is 14.4 Å². The molecule has 15 heavy (non-hydrogen) atoms. The molecule has 1 heterocycles. The smallest absolute Gasteiger partial charge is 0.319 e. The van der Waals surface area contributed by atoms with Gasteiger partial charge in [0.1, 0.15) is 16.1 Å². The molecule has 4 nitrogen and oxygen atoms in total. The molecule has 0 saturated heterocycles. The highest BCUT2D eigenvalue weighted by atomic mass is 32.2. The van der Waals surface area contributed by atoms with Crippen molar-refractivity contribution in [3.63, 3.8) is 0 Å². The Balaban J connectivity index is 3.00. The summed E-state index contributed by atoms with van der Waals surface area (Å²) in [5.41, 5.74) is 0.216. The minimum absolute atomic E-state index is 0.0647. The molecule has 0 amide bonds. The van der Waals surface area contributed by atoms with Gasteiger partial charge in [-0.05, 0) is 20.8 Å². The molecule has 0 fully saturated rings. The number of hydrogen-bond donors (Lipinski definition) is 1. The van der Waals surface area contributed by atoms with E-state index in [2.05, 4.69) is 9.97 Å². The van der Waals surface area contributed by atoms with E-state index in [0.717, 1.165) is 11.8 Å². The fraction of sp³-hybridized carbons (Fsp3) is 0.444. The third-order valence-corrected chi connectivity index (χ3v) is 2.96. The summed E-state index contributed by atoms with van der Waals surface area (Å²) < 4.78 is 12.3. The van der Waals surface area contributed by atoms with E-state index in [1.165, 1.54) is 27.1 Å². The molecule has 0 unspecified atom stereocenters. The van der Waals surface area contributed by atoms with Crippen molar-refractivity contribution in [2.24, 2.45) is 0 Å². The summed E-state index contributed by atoms with van der Waals surface area (Å²) in [7, 11) is 0. The van der Waals surface area contributed by atoms with Crippen molar-refractivity contribution in [1.29, 1.82) is 0 Å². The van der Waals surface area contributed by atoms with Crippen molar-refractivity contribution in [3.05, 3.63) is 17.8 Å². The van der Waals surface area contributed by atoms with Crippen LogP contribution in [0.4, 0.5) is 4.39 Å². The van der Waals surface area contributed by atoms with Crippen LogP contribution in [0.15, 0.2) is 11.4 Å². The normalized spacial score (nSPS) is 11.5. The van der Waals surface area contributed by atoms with Gasteiger partial charge in [-0.1, -0.05) is 11.8 Å². The summed E-state index contributed by atoms with van der Waals surface area (Å²) in [5.74, 6) is -1.57. The molecule has 0 radical (unpaired) electrons. The first-order valence-corrected chi connectivity index (χ1v) is 5.06. The van der Waals surface area contributed by atoms with Crippen LogP contribution in [0.25, 0.3) is 0 Å². The summed E-state index contributed by atoms with van der Waals surface area (Å²) in [5, 5.41) is 8.94. The lowest BCUT2D eigenvalue weighted by Crippen LogP contribution is -2.27. The van der Waals surface area contributed by atoms with Gasteiger partial charge in [0.2, 0.25) is 0 Å². The highest BCUT2D eigenvalue weighted by molar-refractivity contribution is 8.01. The maximum atomic E-state index is 13.5. The average molecular weight is 230 g/mol. The average Bonchev–Trinajstić information content (AvgIpc) is 2.12. The van der Waals surface area contributed by atoms with Gasteiger partial charge in [-0.15, -0.1) is 0 Å². The lowest BCUT2D eigenvalue weighted by Gasteiger charge is -2.17. The first-order valence-electron chi connectivity index (χ1n) is 4.24. The Morgan fingerprint density at radius 3 is 2.67 bits per heavy atom. The number of aliphatic carboxylic acids is 1. The van der Waals surface area contributed by atoms with Gasteiger partial charge in [-0.3, -0.25) is 4.79 Å². The predicted octanol–water partition coefficient (Wildman–Crippen LogP) is 1.88. The first kappa shape index (κ1) is 11.9. The number of aromatic nitrogens is 2. The molecule has 1 aromatic heterocycles. The van der Waals surface area contributed by atoms with E-state index in [9.17, 15) is 9.18 Å². The number of carboxylic acids is 1. The number of nitrogens with zero attached hydrogens (tertiary/aromatic N) is 2. The van der Waals surface area contributed by atoms with Crippen molar-refractivity contribution in [2.45, 2.75) is 30.5 Å². The lowest BCUT2D eigenvalue weighted by atomic mass is 10.2. The molecular formula is C9H11FN2O2S. The lowest BCUT2D eigenvalue weighted by molar-refractivity contribution is -0.138. The van der Waals surface area contributed by atoms with Crippen LogP contribution in [0, 0.1) is 12.7 Å². The van der Waals surface area contributed by atoms with Crippen LogP contribution in [0.5, 0.6) is 0 Å². The number of carboxylic acid groups (broad SMARTS) is 1. The molecule has 6 heteroatoms. The highest BCUT2D eigenvalue weighted by Crippen LogP contribution is 2.32. The molecule has 0 saturated carbocycles. The minimum atomic E-state index is -1.11. The van der Waals surface area contributed by atoms with E-state index in [1.54, 1.807) is 0 Å². The van der Waals surface area contributed by atoms with E-state index in [0.29, 0.717) is 0 Å². The van der Waals surface area contributed by atoms with Crippen molar-refractivity contribution in [1.82, 2.24) is 9.97 Å². The number of rotatable bonds is 3. The Hall–Kier alpha value is -1.17. The molecule has 0 aliphatic rings. The van der Waals surface area contributed by atoms with Crippen molar-refractivity contribution in [3.8, 4) is 0 Å². The SMILES string of the molecule is Cc1ncnc(SC(C)(C)C(=O)O)c1F. The summed E-state index contributed by atoms with van der Waals surface area (Å²) in [6, 6.07) is 0. The van der Waals surface area contributed by atoms with Crippen LogP contribution < -0.4 is 0 Å². The van der Waals surface area contributed by atoms with Gasteiger partial charge in [0, 0.05) is 0 Å². The fourth-order valence-electron chi connectivity index (χ4n) is 0.793. The third kappa shape index (κ3) is 2.65. The predicted molar refractivity (Wildman–Crippen MR) is 54.3 cm³/mol. The van der Waals surface area contributed by atoms with Crippen molar-refractivity contribution < 1.29 is 14.3 Å². The molecule has 0 aliphatic carbocycles. The number of thioether (sulfide) groups is 1. The van der Waals surface area contributed by atoms with Crippen LogP contribution in [-0.4, -0.2) is 25.8 Å². The summed E-state index contributed by atoms with van der Waals surface area (Å²) in [4.78, 5) is 18.2. The van der Waals surface area contributed by atoms with Gasteiger partial charge in [0.15, 0.2) is 5.82 Å². The highest BCUT2D eigenvalue weighted by Gasteiger charge is 2.30. The van der Waals surface area contributed by atoms with Crippen LogP contribution >= 0.6 is 11.8 Å². The Morgan fingerprint density at radius 1 is 1.53 bits per heavy atom. The van der Waals surface area contributed by atoms with Crippen LogP contribution in [0.3, 0.4) is 0 Å². The summed E-state index contributed by atoms with van der Waals surface area (Å²) in [6.45, 7) is 4.50. The van der Waals surface area contributed by atoms with E-state index in [-0.39, 0.29) is 10.7 Å². The molecule has 0 atom stereocenters. The zero-order valence-corrected chi connectivity index (χ0v) is 9.43. The Kier molecular flexibility index (Phi) is 3.28. The fourth-order valence-corrected chi connectivity index (χ4v) is 1.70. The quantitative estimate of drug-likeness (QED) is 0.634. The Labute approximate surface area is 90.9 Å². The molecule has 0 bridgehead atoms. The Bertz CT molecular complexity index is 396. The number of carbonyl (C=O) groups is 1. The number of hydrogen-bond acceptors (Lipinski definition) is 4. The van der Waals surface area contributed by atoms with Crippen LogP contribution in [0.1, 0.15) is 19.5 Å². The standard InChI is InChI=1S/C9H11FN2O2S/c1-5-6(10)7(12-4-11-5)15-9(2,3)8(13)14/h4H,1-3H3,(H,13,14). The molecular weight excluding hydrogens is 219 g/mol. The summed E-state index contributed by atoms with van der Waals surface area (Å²) >= 11 is 0.869. The second-order valence-electron chi connectivity index (χ2n) is 3.50. The van der Waals surface area contributed by atoms with Gasteiger partial charge in [0.25, 0.3) is 0 Å². The third-order valence-electron chi connectivity index (χ3n) is 1.80. The summed E-state index contributed by atoms with van der Waals surface area (Å²) in [6.07, 6.45) is 1.22. The maximum Gasteiger partial charge on any atom is 0.319 e. The number of aryl methyl sites for hydroxylation is 1. The van der Waals surface area contributed by atoms with E-state index < -0.39 is 16.5 Å². The molecule has 1 aromatic rings. The van der Waals surface area contributed by atoms with Gasteiger partial charge in [-0.2, -0.15) is 0 Å². The topological polar surface area (TPSA) is 63.1 Å². The molecule has 82 valence electrons. The van der Waals surface area contributed by atoms with Gasteiger partial charge < -0.3 is 5.11 Å². The monoisotopic (exact) mass is 230 g/mol. The Morgan fingerprint density at radius 2 is 2.13 bits per heavy atom. The van der Waals surface area contributed by atoms with Gasteiger partial charge >= 0.3 is 5.97 Å². The second-order valence-corrected chi connectivity index (χ2v) is 5.11. The van der Waals surface area contributed by atoms with Crippen molar-refractivity contribution in [2.75, 3.05) is 0 Å². The van der Waals surface area contributed by atoms with Crippen LogP contribution in [0.2, 0.25) is 0 Å². The zero-order valence-electron chi connectivity index (χ0n) is 8.61. The van der Waals surface area contributed by atoms with Gasteiger partial charge in [0.05, 0.1) is 5.69 Å². The molecule has 0 aromatic carbocycles. The molecule has 1 N–H and O–H groups in total. The minimum Gasteiger partial charge on any atom is -0.480 e. The second kappa shape index (κ2) is 4.14. The molecule has 0 aliphatic heterocycles. The maximum absolute atomic E-state index is 13.5. The molecule has 0 spiro atoms. The van der Waals surface area contributed by atoms with Crippen molar-refractivity contribution >= 4 is 17.7 Å². The molecule has 1 rings (SSSR count). The van der Waals surface area contributed by atoms with E-state index in [1.807, 2.05) is 0 Å². The van der Waals surface area contributed by atoms with E-state index >= 15 is 0 Å². The number of halogens is 1. The first-order chi connectivity index (χ1) is 6.84. The van der Waals surface area contributed by atoms with E-state index in [4.69, 9.17) is 5.11 Å². The largest absolute Gasteiger partial charge is 0.480 e. The zero-order chi connectivity index (χ0) is 11.6. The van der Waals surface area contributed by atoms with Crippen LogP contribution in [-0.2, 0) is 4.79 Å².